The first-order valence-electron chi connectivity index (χ1n) is 5.33. The average molecular weight is 228 g/mol. The van der Waals surface area contributed by atoms with Gasteiger partial charge in [-0.15, -0.1) is 11.3 Å². The van der Waals surface area contributed by atoms with Gasteiger partial charge in [0.25, 0.3) is 0 Å². The van der Waals surface area contributed by atoms with Gasteiger partial charge < -0.3 is 10.4 Å². The molecule has 0 aromatic carbocycles. The molecule has 2 unspecified atom stereocenters. The SMILES string of the molecule is Cc1ncsc1C(C)NC(CO)C(C)C. The Morgan fingerprint density at radius 3 is 2.53 bits per heavy atom. The van der Waals surface area contributed by atoms with Crippen LogP contribution in [0, 0.1) is 12.8 Å². The number of thiazole rings is 1. The van der Waals surface area contributed by atoms with E-state index in [1.54, 1.807) is 11.3 Å². The Balaban J connectivity index is 2.62. The van der Waals surface area contributed by atoms with E-state index < -0.39 is 0 Å². The van der Waals surface area contributed by atoms with Crippen LogP contribution in [-0.2, 0) is 0 Å². The Bertz CT molecular complexity index is 299. The second kappa shape index (κ2) is 5.58. The molecule has 1 heterocycles. The Hall–Kier alpha value is -0.450. The summed E-state index contributed by atoms with van der Waals surface area (Å²) in [5.41, 5.74) is 2.95. The Morgan fingerprint density at radius 1 is 1.47 bits per heavy atom. The fourth-order valence-electron chi connectivity index (χ4n) is 1.58. The lowest BCUT2D eigenvalue weighted by molar-refractivity contribution is 0.202. The van der Waals surface area contributed by atoms with Gasteiger partial charge in [0.15, 0.2) is 0 Å². The smallest absolute Gasteiger partial charge is 0.0798 e. The Labute approximate surface area is 95.6 Å². The van der Waals surface area contributed by atoms with Crippen LogP contribution in [0.25, 0.3) is 0 Å². The number of nitrogens with zero attached hydrogens (tertiary/aromatic N) is 1. The first-order chi connectivity index (χ1) is 7.06. The molecule has 1 aromatic heterocycles. The summed E-state index contributed by atoms with van der Waals surface area (Å²) in [5, 5.41) is 12.7. The number of aliphatic hydroxyl groups is 1. The summed E-state index contributed by atoms with van der Waals surface area (Å²) in [6.07, 6.45) is 0. The molecule has 4 heteroatoms. The van der Waals surface area contributed by atoms with E-state index in [2.05, 4.69) is 31.1 Å². The van der Waals surface area contributed by atoms with E-state index in [9.17, 15) is 5.11 Å². The van der Waals surface area contributed by atoms with Crippen molar-refractivity contribution in [1.82, 2.24) is 10.3 Å². The molecular weight excluding hydrogens is 208 g/mol. The van der Waals surface area contributed by atoms with Gasteiger partial charge in [0.1, 0.15) is 0 Å². The summed E-state index contributed by atoms with van der Waals surface area (Å²) >= 11 is 1.67. The zero-order chi connectivity index (χ0) is 11.4. The maximum Gasteiger partial charge on any atom is 0.0798 e. The highest BCUT2D eigenvalue weighted by Gasteiger charge is 2.17. The van der Waals surface area contributed by atoms with E-state index in [0.29, 0.717) is 5.92 Å². The minimum atomic E-state index is 0.154. The Kier molecular flexibility index (Phi) is 4.70. The van der Waals surface area contributed by atoms with Crippen molar-refractivity contribution in [2.45, 2.75) is 39.8 Å². The highest BCUT2D eigenvalue weighted by atomic mass is 32.1. The summed E-state index contributed by atoms with van der Waals surface area (Å²) < 4.78 is 0. The Morgan fingerprint density at radius 2 is 2.13 bits per heavy atom. The monoisotopic (exact) mass is 228 g/mol. The van der Waals surface area contributed by atoms with Crippen LogP contribution in [0.1, 0.15) is 37.4 Å². The van der Waals surface area contributed by atoms with E-state index in [1.165, 1.54) is 4.88 Å². The third-order valence-corrected chi connectivity index (χ3v) is 3.76. The highest BCUT2D eigenvalue weighted by molar-refractivity contribution is 7.09. The summed E-state index contributed by atoms with van der Waals surface area (Å²) in [7, 11) is 0. The number of hydrogen-bond acceptors (Lipinski definition) is 4. The molecule has 0 amide bonds. The van der Waals surface area contributed by atoms with Crippen LogP contribution >= 0.6 is 11.3 Å². The third-order valence-electron chi connectivity index (χ3n) is 2.64. The van der Waals surface area contributed by atoms with Gasteiger partial charge in [-0.2, -0.15) is 0 Å². The quantitative estimate of drug-likeness (QED) is 0.811. The van der Waals surface area contributed by atoms with Crippen LogP contribution < -0.4 is 5.32 Å². The van der Waals surface area contributed by atoms with Crippen molar-refractivity contribution in [1.29, 1.82) is 0 Å². The van der Waals surface area contributed by atoms with Crippen LogP contribution in [0.3, 0.4) is 0 Å². The largest absolute Gasteiger partial charge is 0.395 e. The number of aliphatic hydroxyl groups excluding tert-OH is 1. The zero-order valence-corrected chi connectivity index (χ0v) is 10.6. The van der Waals surface area contributed by atoms with E-state index in [-0.39, 0.29) is 18.7 Å². The molecular formula is C11H20N2OS. The summed E-state index contributed by atoms with van der Waals surface area (Å²) in [4.78, 5) is 5.49. The van der Waals surface area contributed by atoms with Crippen molar-refractivity contribution in [2.75, 3.05) is 6.61 Å². The first kappa shape index (κ1) is 12.6. The molecule has 0 aliphatic heterocycles. The van der Waals surface area contributed by atoms with E-state index in [0.717, 1.165) is 5.69 Å². The molecule has 0 aliphatic rings. The molecule has 2 N–H and O–H groups in total. The predicted octanol–water partition coefficient (Wildman–Crippen LogP) is 2.12. The molecule has 0 radical (unpaired) electrons. The predicted molar refractivity (Wildman–Crippen MR) is 64.1 cm³/mol. The van der Waals surface area contributed by atoms with Crippen molar-refractivity contribution in [3.63, 3.8) is 0 Å². The number of hydrogen-bond donors (Lipinski definition) is 2. The molecule has 0 bridgehead atoms. The van der Waals surface area contributed by atoms with Gasteiger partial charge in [-0.1, -0.05) is 13.8 Å². The number of aryl methyl sites for hydroxylation is 1. The van der Waals surface area contributed by atoms with E-state index >= 15 is 0 Å². The van der Waals surface area contributed by atoms with Gasteiger partial charge >= 0.3 is 0 Å². The van der Waals surface area contributed by atoms with Crippen LogP contribution in [-0.4, -0.2) is 22.7 Å². The van der Waals surface area contributed by atoms with Crippen molar-refractivity contribution < 1.29 is 5.11 Å². The normalized spacial score (nSPS) is 15.6. The fraction of sp³-hybridized carbons (Fsp3) is 0.727. The molecule has 0 fully saturated rings. The van der Waals surface area contributed by atoms with Crippen molar-refractivity contribution in [2.24, 2.45) is 5.92 Å². The molecule has 0 aliphatic carbocycles. The van der Waals surface area contributed by atoms with Crippen LogP contribution in [0.2, 0.25) is 0 Å². The van der Waals surface area contributed by atoms with Gasteiger partial charge in [0, 0.05) is 17.0 Å². The van der Waals surface area contributed by atoms with Gasteiger partial charge in [0.2, 0.25) is 0 Å². The first-order valence-corrected chi connectivity index (χ1v) is 6.21. The van der Waals surface area contributed by atoms with Gasteiger partial charge in [0.05, 0.1) is 17.8 Å². The summed E-state index contributed by atoms with van der Waals surface area (Å²) in [6, 6.07) is 0.415. The minimum absolute atomic E-state index is 0.154. The molecule has 15 heavy (non-hydrogen) atoms. The summed E-state index contributed by atoms with van der Waals surface area (Å²) in [5.74, 6) is 0.436. The molecule has 0 saturated carbocycles. The van der Waals surface area contributed by atoms with Crippen molar-refractivity contribution in [3.8, 4) is 0 Å². The molecule has 3 nitrogen and oxygen atoms in total. The second-order valence-electron chi connectivity index (χ2n) is 4.22. The maximum atomic E-state index is 9.24. The second-order valence-corrected chi connectivity index (χ2v) is 5.11. The number of aromatic nitrogens is 1. The number of nitrogens with one attached hydrogen (secondary N) is 1. The topological polar surface area (TPSA) is 45.2 Å². The lowest BCUT2D eigenvalue weighted by atomic mass is 10.0. The van der Waals surface area contributed by atoms with Crippen LogP contribution in [0.5, 0.6) is 0 Å². The highest BCUT2D eigenvalue weighted by Crippen LogP contribution is 2.22. The van der Waals surface area contributed by atoms with Crippen molar-refractivity contribution in [3.05, 3.63) is 16.1 Å². The van der Waals surface area contributed by atoms with Gasteiger partial charge in [-0.3, -0.25) is 0 Å². The summed E-state index contributed by atoms with van der Waals surface area (Å²) in [6.45, 7) is 8.54. The van der Waals surface area contributed by atoms with Crippen molar-refractivity contribution >= 4 is 11.3 Å². The minimum Gasteiger partial charge on any atom is -0.395 e. The molecule has 2 atom stereocenters. The zero-order valence-electron chi connectivity index (χ0n) is 9.82. The van der Waals surface area contributed by atoms with Crippen LogP contribution in [0.4, 0.5) is 0 Å². The molecule has 86 valence electrons. The number of rotatable bonds is 5. The molecule has 0 saturated heterocycles. The maximum absolute atomic E-state index is 9.24. The van der Waals surface area contributed by atoms with Gasteiger partial charge in [-0.05, 0) is 19.8 Å². The molecule has 1 rings (SSSR count). The molecule has 1 aromatic rings. The standard InChI is InChI=1S/C11H20N2OS/c1-7(2)10(5-14)13-9(4)11-8(3)12-6-15-11/h6-7,9-10,13-14H,5H2,1-4H3. The lowest BCUT2D eigenvalue weighted by Crippen LogP contribution is -2.38. The van der Waals surface area contributed by atoms with Gasteiger partial charge in [-0.25, -0.2) is 4.98 Å². The van der Waals surface area contributed by atoms with E-state index in [1.807, 2.05) is 12.4 Å². The fourth-order valence-corrected chi connectivity index (χ4v) is 2.40. The van der Waals surface area contributed by atoms with Crippen LogP contribution in [0.15, 0.2) is 5.51 Å². The third kappa shape index (κ3) is 3.26. The lowest BCUT2D eigenvalue weighted by Gasteiger charge is -2.24. The van der Waals surface area contributed by atoms with E-state index in [4.69, 9.17) is 0 Å². The average Bonchev–Trinajstić information content (AvgIpc) is 2.60. The molecule has 0 spiro atoms.